The molecular weight excluding hydrogens is 276 g/mol. The Morgan fingerprint density at radius 2 is 1.95 bits per heavy atom. The molecule has 0 bridgehead atoms. The van der Waals surface area contributed by atoms with Crippen LogP contribution in [0, 0.1) is 28.6 Å². The van der Waals surface area contributed by atoms with E-state index in [4.69, 9.17) is 0 Å². The van der Waals surface area contributed by atoms with Crippen molar-refractivity contribution in [3.63, 3.8) is 0 Å². The second-order valence-corrected chi connectivity index (χ2v) is 8.77. The lowest BCUT2D eigenvalue weighted by atomic mass is 9.47. The van der Waals surface area contributed by atoms with E-state index in [1.807, 2.05) is 0 Å². The van der Waals surface area contributed by atoms with Crippen molar-refractivity contribution in [3.8, 4) is 0 Å². The maximum atomic E-state index is 13.1. The number of ketones is 1. The van der Waals surface area contributed by atoms with E-state index in [2.05, 4.69) is 19.9 Å². The number of hydrogen-bond donors (Lipinski definition) is 2. The number of hydrogen-bond acceptors (Lipinski definition) is 3. The molecule has 0 spiro atoms. The molecule has 0 saturated heterocycles. The van der Waals surface area contributed by atoms with Gasteiger partial charge in [0.25, 0.3) is 0 Å². The summed E-state index contributed by atoms with van der Waals surface area (Å²) in [5.41, 5.74) is 1.07. The van der Waals surface area contributed by atoms with Gasteiger partial charge in [-0.1, -0.05) is 25.5 Å². The lowest BCUT2D eigenvalue weighted by Gasteiger charge is -2.56. The first kappa shape index (κ1) is 14.9. The van der Waals surface area contributed by atoms with Gasteiger partial charge in [0.2, 0.25) is 0 Å². The zero-order chi connectivity index (χ0) is 15.7. The van der Waals surface area contributed by atoms with Crippen LogP contribution in [0.1, 0.15) is 58.8 Å². The Labute approximate surface area is 132 Å². The van der Waals surface area contributed by atoms with Crippen LogP contribution in [0.4, 0.5) is 0 Å². The molecule has 0 aromatic heterocycles. The molecule has 4 aliphatic carbocycles. The second kappa shape index (κ2) is 4.67. The third kappa shape index (κ3) is 1.78. The first-order valence-corrected chi connectivity index (χ1v) is 8.94. The summed E-state index contributed by atoms with van der Waals surface area (Å²) in [5, 5.41) is 20.4. The summed E-state index contributed by atoms with van der Waals surface area (Å²) in [4.78, 5) is 13.1. The van der Waals surface area contributed by atoms with Gasteiger partial charge in [0.1, 0.15) is 5.78 Å². The lowest BCUT2D eigenvalue weighted by Crippen LogP contribution is -2.55. The molecular formula is C19H28O3. The van der Waals surface area contributed by atoms with E-state index in [-0.39, 0.29) is 29.0 Å². The van der Waals surface area contributed by atoms with Gasteiger partial charge in [-0.3, -0.25) is 4.79 Å². The standard InChI is InChI=1S/C19H28O3/c1-18-8-7-12(20)9-11(18)3-4-13-14-5-6-16(22)19(14,2)10-15(21)17(13)18/h3,12-14,16-17,20,22H,4-10H2,1-2H3/t12?,13-,14-,16?,17-,18-,19-/m0/s1. The van der Waals surface area contributed by atoms with Crippen molar-refractivity contribution in [1.82, 2.24) is 0 Å². The van der Waals surface area contributed by atoms with Crippen LogP contribution in [0.3, 0.4) is 0 Å². The molecule has 0 heterocycles. The van der Waals surface area contributed by atoms with Crippen LogP contribution in [-0.4, -0.2) is 28.2 Å². The summed E-state index contributed by atoms with van der Waals surface area (Å²) in [7, 11) is 0. The zero-order valence-electron chi connectivity index (χ0n) is 13.7. The number of aliphatic hydroxyl groups excluding tert-OH is 2. The summed E-state index contributed by atoms with van der Waals surface area (Å²) in [6, 6.07) is 0. The smallest absolute Gasteiger partial charge is 0.137 e. The predicted octanol–water partition coefficient (Wildman–Crippen LogP) is 2.85. The quantitative estimate of drug-likeness (QED) is 0.677. The molecule has 0 aromatic carbocycles. The molecule has 4 rings (SSSR count). The van der Waals surface area contributed by atoms with E-state index in [1.165, 1.54) is 5.57 Å². The first-order valence-electron chi connectivity index (χ1n) is 8.94. The summed E-state index contributed by atoms with van der Waals surface area (Å²) in [6.45, 7) is 4.39. The minimum Gasteiger partial charge on any atom is -0.393 e. The van der Waals surface area contributed by atoms with Crippen LogP contribution in [0.15, 0.2) is 11.6 Å². The number of aliphatic hydroxyl groups is 2. The number of allylic oxidation sites excluding steroid dienone is 1. The molecule has 122 valence electrons. The molecule has 7 atom stereocenters. The minimum absolute atomic E-state index is 0.0475. The zero-order valence-corrected chi connectivity index (χ0v) is 13.7. The number of rotatable bonds is 0. The highest BCUT2D eigenvalue weighted by molar-refractivity contribution is 5.85. The van der Waals surface area contributed by atoms with Gasteiger partial charge in [-0.2, -0.15) is 0 Å². The van der Waals surface area contributed by atoms with Gasteiger partial charge in [0, 0.05) is 17.8 Å². The molecule has 0 aromatic rings. The number of carbonyl (C=O) groups excluding carboxylic acids is 1. The Morgan fingerprint density at radius 1 is 1.18 bits per heavy atom. The van der Waals surface area contributed by atoms with Crippen molar-refractivity contribution in [3.05, 3.63) is 11.6 Å². The summed E-state index contributed by atoms with van der Waals surface area (Å²) < 4.78 is 0. The van der Waals surface area contributed by atoms with Gasteiger partial charge in [0.15, 0.2) is 0 Å². The average Bonchev–Trinajstić information content (AvgIpc) is 2.75. The molecule has 0 radical (unpaired) electrons. The third-order valence-corrected chi connectivity index (χ3v) is 7.72. The van der Waals surface area contributed by atoms with Crippen LogP contribution < -0.4 is 0 Å². The summed E-state index contributed by atoms with van der Waals surface area (Å²) >= 11 is 0. The average molecular weight is 304 g/mol. The Balaban J connectivity index is 1.74. The van der Waals surface area contributed by atoms with Crippen LogP contribution >= 0.6 is 0 Å². The van der Waals surface area contributed by atoms with Crippen LogP contribution in [0.25, 0.3) is 0 Å². The van der Waals surface area contributed by atoms with E-state index in [1.54, 1.807) is 0 Å². The van der Waals surface area contributed by atoms with E-state index in [9.17, 15) is 15.0 Å². The molecule has 0 aliphatic heterocycles. The van der Waals surface area contributed by atoms with Gasteiger partial charge in [-0.25, -0.2) is 0 Å². The maximum Gasteiger partial charge on any atom is 0.137 e. The fourth-order valence-corrected chi connectivity index (χ4v) is 6.45. The van der Waals surface area contributed by atoms with E-state index < -0.39 is 0 Å². The monoisotopic (exact) mass is 304 g/mol. The van der Waals surface area contributed by atoms with Gasteiger partial charge in [-0.05, 0) is 55.8 Å². The topological polar surface area (TPSA) is 57.5 Å². The lowest BCUT2D eigenvalue weighted by molar-refractivity contribution is -0.147. The van der Waals surface area contributed by atoms with E-state index in [0.717, 1.165) is 38.5 Å². The molecule has 3 heteroatoms. The third-order valence-electron chi connectivity index (χ3n) is 7.72. The number of fused-ring (bicyclic) bond motifs is 5. The molecule has 3 fully saturated rings. The van der Waals surface area contributed by atoms with Crippen molar-refractivity contribution in [2.75, 3.05) is 0 Å². The van der Waals surface area contributed by atoms with Crippen molar-refractivity contribution >= 4 is 5.78 Å². The molecule has 0 amide bonds. The highest BCUT2D eigenvalue weighted by atomic mass is 16.3. The van der Waals surface area contributed by atoms with Gasteiger partial charge in [-0.15, -0.1) is 0 Å². The predicted molar refractivity (Wildman–Crippen MR) is 84.1 cm³/mol. The Bertz CT molecular complexity index is 539. The van der Waals surface area contributed by atoms with Gasteiger partial charge < -0.3 is 10.2 Å². The van der Waals surface area contributed by atoms with Crippen molar-refractivity contribution < 1.29 is 15.0 Å². The normalized spacial score (nSPS) is 54.3. The highest BCUT2D eigenvalue weighted by Crippen LogP contribution is 2.63. The Kier molecular flexibility index (Phi) is 3.16. The van der Waals surface area contributed by atoms with Crippen LogP contribution in [-0.2, 0) is 4.79 Å². The van der Waals surface area contributed by atoms with Crippen LogP contribution in [0.2, 0.25) is 0 Å². The molecule has 22 heavy (non-hydrogen) atoms. The highest BCUT2D eigenvalue weighted by Gasteiger charge is 2.61. The number of carbonyl (C=O) groups is 1. The molecule has 4 aliphatic rings. The van der Waals surface area contributed by atoms with Gasteiger partial charge >= 0.3 is 0 Å². The Morgan fingerprint density at radius 3 is 2.73 bits per heavy atom. The molecule has 3 saturated carbocycles. The Hall–Kier alpha value is -0.670. The van der Waals surface area contributed by atoms with Crippen molar-refractivity contribution in [1.29, 1.82) is 0 Å². The van der Waals surface area contributed by atoms with Gasteiger partial charge in [0.05, 0.1) is 12.2 Å². The summed E-state index contributed by atoms with van der Waals surface area (Å²) in [5.74, 6) is 1.36. The number of Topliss-reactive ketones (excluding diaryl/α,β-unsaturated/α-hetero) is 1. The SMILES string of the molecule is C[C@]12CCC(O)CC1=CC[C@@H]1[C@H]2C(=O)C[C@]2(C)C(O)CC[C@@H]12. The fourth-order valence-electron chi connectivity index (χ4n) is 6.45. The first-order chi connectivity index (χ1) is 10.4. The fraction of sp³-hybridized carbons (Fsp3) is 0.842. The van der Waals surface area contributed by atoms with E-state index in [0.29, 0.717) is 24.0 Å². The molecule has 2 unspecified atom stereocenters. The largest absolute Gasteiger partial charge is 0.393 e. The minimum atomic E-state index is -0.311. The second-order valence-electron chi connectivity index (χ2n) is 8.77. The van der Waals surface area contributed by atoms with Crippen molar-refractivity contribution in [2.45, 2.75) is 71.0 Å². The molecule has 3 nitrogen and oxygen atoms in total. The summed E-state index contributed by atoms with van der Waals surface area (Å²) in [6.07, 6.45) is 7.70. The van der Waals surface area contributed by atoms with E-state index >= 15 is 0 Å². The van der Waals surface area contributed by atoms with Crippen molar-refractivity contribution in [2.24, 2.45) is 28.6 Å². The van der Waals surface area contributed by atoms with Crippen LogP contribution in [0.5, 0.6) is 0 Å². The maximum absolute atomic E-state index is 13.1. The molecule has 2 N–H and O–H groups in total.